The van der Waals surface area contributed by atoms with E-state index in [1.54, 1.807) is 6.07 Å². The predicted molar refractivity (Wildman–Crippen MR) is 79.5 cm³/mol. The molecule has 0 bridgehead atoms. The van der Waals surface area contributed by atoms with E-state index in [1.807, 2.05) is 12.1 Å². The lowest BCUT2D eigenvalue weighted by Gasteiger charge is -2.27. The SMILES string of the molecule is NNC(Cc1cc(Cl)ccc1Cl)CC1CCCCO1. The van der Waals surface area contributed by atoms with E-state index in [2.05, 4.69) is 5.43 Å². The zero-order valence-electron chi connectivity index (χ0n) is 10.9. The molecule has 3 N–H and O–H groups in total. The van der Waals surface area contributed by atoms with Crippen LogP contribution in [0.4, 0.5) is 0 Å². The maximum atomic E-state index is 6.18. The van der Waals surface area contributed by atoms with Gasteiger partial charge in [-0.05, 0) is 55.9 Å². The van der Waals surface area contributed by atoms with Crippen molar-refractivity contribution in [3.05, 3.63) is 33.8 Å². The molecule has 1 fully saturated rings. The first-order valence-electron chi connectivity index (χ1n) is 6.70. The average Bonchev–Trinajstić information content (AvgIpc) is 2.43. The van der Waals surface area contributed by atoms with Gasteiger partial charge in [0.05, 0.1) is 6.10 Å². The van der Waals surface area contributed by atoms with E-state index in [-0.39, 0.29) is 6.04 Å². The summed E-state index contributed by atoms with van der Waals surface area (Å²) in [7, 11) is 0. The minimum Gasteiger partial charge on any atom is -0.378 e. The first-order chi connectivity index (χ1) is 9.19. The van der Waals surface area contributed by atoms with E-state index < -0.39 is 0 Å². The summed E-state index contributed by atoms with van der Waals surface area (Å²) in [6.07, 6.45) is 5.47. The maximum Gasteiger partial charge on any atom is 0.0590 e. The fraction of sp³-hybridized carbons (Fsp3) is 0.571. The van der Waals surface area contributed by atoms with Crippen LogP contribution in [0.15, 0.2) is 18.2 Å². The van der Waals surface area contributed by atoms with E-state index in [9.17, 15) is 0 Å². The average molecular weight is 303 g/mol. The molecule has 1 aliphatic rings. The molecule has 1 aromatic carbocycles. The van der Waals surface area contributed by atoms with Gasteiger partial charge < -0.3 is 4.74 Å². The molecule has 0 radical (unpaired) electrons. The molecule has 2 atom stereocenters. The summed E-state index contributed by atoms with van der Waals surface area (Å²) >= 11 is 12.2. The Morgan fingerprint density at radius 3 is 2.89 bits per heavy atom. The van der Waals surface area contributed by atoms with Crippen LogP contribution in [0.3, 0.4) is 0 Å². The van der Waals surface area contributed by atoms with Gasteiger partial charge in [-0.1, -0.05) is 23.2 Å². The number of benzene rings is 1. The molecule has 1 saturated heterocycles. The van der Waals surface area contributed by atoms with Crippen LogP contribution in [0.25, 0.3) is 0 Å². The van der Waals surface area contributed by atoms with Crippen LogP contribution in [-0.4, -0.2) is 18.8 Å². The Morgan fingerprint density at radius 1 is 1.37 bits per heavy atom. The third kappa shape index (κ3) is 4.62. The second kappa shape index (κ2) is 7.46. The van der Waals surface area contributed by atoms with E-state index in [0.29, 0.717) is 11.1 Å². The molecule has 19 heavy (non-hydrogen) atoms. The highest BCUT2D eigenvalue weighted by Crippen LogP contribution is 2.24. The van der Waals surface area contributed by atoms with Gasteiger partial charge in [0.2, 0.25) is 0 Å². The largest absolute Gasteiger partial charge is 0.378 e. The fourth-order valence-corrected chi connectivity index (χ4v) is 2.88. The van der Waals surface area contributed by atoms with Crippen molar-refractivity contribution >= 4 is 23.2 Å². The third-order valence-corrected chi connectivity index (χ3v) is 4.14. The third-order valence-electron chi connectivity index (χ3n) is 3.53. The van der Waals surface area contributed by atoms with Crippen molar-refractivity contribution in [1.29, 1.82) is 0 Å². The zero-order chi connectivity index (χ0) is 13.7. The van der Waals surface area contributed by atoms with Gasteiger partial charge in [0.1, 0.15) is 0 Å². The van der Waals surface area contributed by atoms with Gasteiger partial charge in [-0.25, -0.2) is 0 Å². The molecular formula is C14H20Cl2N2O. The van der Waals surface area contributed by atoms with Crippen LogP contribution in [0.1, 0.15) is 31.2 Å². The molecule has 0 saturated carbocycles. The summed E-state index contributed by atoms with van der Waals surface area (Å²) in [5.74, 6) is 5.64. The fourth-order valence-electron chi connectivity index (χ4n) is 2.49. The molecule has 1 aromatic rings. The van der Waals surface area contributed by atoms with Gasteiger partial charge in [0.15, 0.2) is 0 Å². The predicted octanol–water partition coefficient (Wildman–Crippen LogP) is 3.33. The highest BCUT2D eigenvalue weighted by atomic mass is 35.5. The molecule has 1 heterocycles. The summed E-state index contributed by atoms with van der Waals surface area (Å²) in [4.78, 5) is 0. The quantitative estimate of drug-likeness (QED) is 0.648. The molecule has 0 spiro atoms. The van der Waals surface area contributed by atoms with Gasteiger partial charge in [0, 0.05) is 22.7 Å². The standard InChI is InChI=1S/C14H20Cl2N2O/c15-11-4-5-14(16)10(7-11)8-12(18-17)9-13-3-1-2-6-19-13/h4-5,7,12-13,18H,1-3,6,8-9,17H2. The normalized spacial score (nSPS) is 21.3. The number of ether oxygens (including phenoxy) is 1. The number of nitrogens with two attached hydrogens (primary N) is 1. The number of hydrazine groups is 1. The Bertz CT molecular complexity index is 408. The minimum absolute atomic E-state index is 0.152. The number of rotatable bonds is 5. The van der Waals surface area contributed by atoms with Gasteiger partial charge in [-0.3, -0.25) is 11.3 Å². The zero-order valence-corrected chi connectivity index (χ0v) is 12.4. The molecular weight excluding hydrogens is 283 g/mol. The Hall–Kier alpha value is -0.320. The van der Waals surface area contributed by atoms with E-state index in [4.69, 9.17) is 33.8 Å². The topological polar surface area (TPSA) is 47.3 Å². The highest BCUT2D eigenvalue weighted by molar-refractivity contribution is 6.33. The van der Waals surface area contributed by atoms with Crippen LogP contribution < -0.4 is 11.3 Å². The van der Waals surface area contributed by atoms with E-state index in [0.717, 1.165) is 42.9 Å². The monoisotopic (exact) mass is 302 g/mol. The molecule has 106 valence electrons. The van der Waals surface area contributed by atoms with Crippen molar-refractivity contribution in [2.24, 2.45) is 5.84 Å². The van der Waals surface area contributed by atoms with Gasteiger partial charge >= 0.3 is 0 Å². The molecule has 2 rings (SSSR count). The second-order valence-electron chi connectivity index (χ2n) is 5.03. The Balaban J connectivity index is 1.95. The van der Waals surface area contributed by atoms with Gasteiger partial charge in [-0.15, -0.1) is 0 Å². The molecule has 0 aromatic heterocycles. The molecule has 2 unspecified atom stereocenters. The number of nitrogens with one attached hydrogen (secondary N) is 1. The van der Waals surface area contributed by atoms with Crippen molar-refractivity contribution in [3.63, 3.8) is 0 Å². The van der Waals surface area contributed by atoms with Gasteiger partial charge in [-0.2, -0.15) is 0 Å². The molecule has 1 aliphatic heterocycles. The highest BCUT2D eigenvalue weighted by Gasteiger charge is 2.20. The Morgan fingerprint density at radius 2 is 2.21 bits per heavy atom. The second-order valence-corrected chi connectivity index (χ2v) is 5.87. The summed E-state index contributed by atoms with van der Waals surface area (Å²) in [6, 6.07) is 5.67. The van der Waals surface area contributed by atoms with Crippen molar-refractivity contribution in [3.8, 4) is 0 Å². The number of hydrogen-bond acceptors (Lipinski definition) is 3. The summed E-state index contributed by atoms with van der Waals surface area (Å²) in [6.45, 7) is 0.861. The van der Waals surface area contributed by atoms with E-state index in [1.165, 1.54) is 6.42 Å². The van der Waals surface area contributed by atoms with Crippen molar-refractivity contribution < 1.29 is 4.74 Å². The lowest BCUT2D eigenvalue weighted by molar-refractivity contribution is 0.00524. The molecule has 5 heteroatoms. The van der Waals surface area contributed by atoms with Crippen LogP contribution in [0.2, 0.25) is 10.0 Å². The van der Waals surface area contributed by atoms with Crippen molar-refractivity contribution in [2.45, 2.75) is 44.2 Å². The summed E-state index contributed by atoms with van der Waals surface area (Å²) < 4.78 is 5.75. The first kappa shape index (κ1) is 15.1. The summed E-state index contributed by atoms with van der Waals surface area (Å²) in [5, 5.41) is 1.43. The maximum absolute atomic E-state index is 6.18. The van der Waals surface area contributed by atoms with Crippen LogP contribution in [0.5, 0.6) is 0 Å². The smallest absolute Gasteiger partial charge is 0.0590 e. The summed E-state index contributed by atoms with van der Waals surface area (Å²) in [5.41, 5.74) is 3.88. The van der Waals surface area contributed by atoms with E-state index >= 15 is 0 Å². The van der Waals surface area contributed by atoms with Crippen LogP contribution in [0, 0.1) is 0 Å². The molecule has 0 aliphatic carbocycles. The lowest BCUT2D eigenvalue weighted by atomic mass is 9.97. The molecule has 0 amide bonds. The van der Waals surface area contributed by atoms with Gasteiger partial charge in [0.25, 0.3) is 0 Å². The minimum atomic E-state index is 0.152. The van der Waals surface area contributed by atoms with Crippen LogP contribution in [-0.2, 0) is 11.2 Å². The van der Waals surface area contributed by atoms with Crippen LogP contribution >= 0.6 is 23.2 Å². The Kier molecular flexibility index (Phi) is 5.92. The number of hydrogen-bond donors (Lipinski definition) is 2. The van der Waals surface area contributed by atoms with Crippen molar-refractivity contribution in [2.75, 3.05) is 6.61 Å². The Labute approximate surface area is 124 Å². The first-order valence-corrected chi connectivity index (χ1v) is 7.46. The lowest BCUT2D eigenvalue weighted by Crippen LogP contribution is -2.40. The molecule has 3 nitrogen and oxygen atoms in total. The van der Waals surface area contributed by atoms with Crippen molar-refractivity contribution in [1.82, 2.24) is 5.43 Å². The number of halogens is 2.